The van der Waals surface area contributed by atoms with Crippen LogP contribution in [0.5, 0.6) is 5.75 Å². The molecule has 0 saturated heterocycles. The number of nitro groups is 1. The molecule has 0 aliphatic rings. The lowest BCUT2D eigenvalue weighted by Crippen LogP contribution is -2.16. The van der Waals surface area contributed by atoms with Crippen molar-refractivity contribution in [3.8, 4) is 11.4 Å². The summed E-state index contributed by atoms with van der Waals surface area (Å²) in [4.78, 5) is 13.8. The van der Waals surface area contributed by atoms with Gasteiger partial charge in [-0.05, 0) is 18.2 Å². The van der Waals surface area contributed by atoms with Gasteiger partial charge in [-0.15, -0.1) is 0 Å². The van der Waals surface area contributed by atoms with Gasteiger partial charge in [0.05, 0.1) is 23.4 Å². The van der Waals surface area contributed by atoms with Crippen LogP contribution in [0.4, 0.5) is 11.4 Å². The number of hydrogen-bond donors (Lipinski definition) is 1. The quantitative estimate of drug-likeness (QED) is 0.515. The molecule has 0 unspecified atom stereocenters. The minimum absolute atomic E-state index is 0.0127. The topological polar surface area (TPSA) is 129 Å². The maximum atomic E-state index is 12.8. The van der Waals surface area contributed by atoms with Crippen LogP contribution in [0.25, 0.3) is 5.69 Å². The van der Waals surface area contributed by atoms with Crippen LogP contribution in [0.1, 0.15) is 0 Å². The summed E-state index contributed by atoms with van der Waals surface area (Å²) in [6.45, 7) is 0. The summed E-state index contributed by atoms with van der Waals surface area (Å²) in [6, 6.07) is 9.89. The van der Waals surface area contributed by atoms with E-state index in [1.165, 1.54) is 36.6 Å². The molecule has 26 heavy (non-hydrogen) atoms. The van der Waals surface area contributed by atoms with Crippen LogP contribution < -0.4 is 9.46 Å². The number of para-hydroxylation sites is 2. The molecule has 11 heteroatoms. The summed E-state index contributed by atoms with van der Waals surface area (Å²) >= 11 is 0. The van der Waals surface area contributed by atoms with Crippen molar-refractivity contribution in [2.24, 2.45) is 0 Å². The second kappa shape index (κ2) is 6.80. The van der Waals surface area contributed by atoms with Crippen molar-refractivity contribution in [1.29, 1.82) is 0 Å². The van der Waals surface area contributed by atoms with E-state index in [0.29, 0.717) is 5.69 Å². The van der Waals surface area contributed by atoms with E-state index in [2.05, 4.69) is 14.8 Å². The highest BCUT2D eigenvalue weighted by Gasteiger charge is 2.24. The predicted molar refractivity (Wildman–Crippen MR) is 91.8 cm³/mol. The zero-order valence-electron chi connectivity index (χ0n) is 13.4. The molecule has 1 heterocycles. The van der Waals surface area contributed by atoms with Crippen molar-refractivity contribution < 1.29 is 18.1 Å². The van der Waals surface area contributed by atoms with Gasteiger partial charge in [0.2, 0.25) is 0 Å². The molecule has 0 bridgehead atoms. The van der Waals surface area contributed by atoms with E-state index in [0.717, 1.165) is 6.07 Å². The minimum atomic E-state index is -4.17. The molecule has 3 rings (SSSR count). The fourth-order valence-corrected chi connectivity index (χ4v) is 3.55. The average Bonchev–Trinajstić information content (AvgIpc) is 3.15. The van der Waals surface area contributed by atoms with Gasteiger partial charge < -0.3 is 4.74 Å². The third-order valence-electron chi connectivity index (χ3n) is 3.46. The number of rotatable bonds is 6. The summed E-state index contributed by atoms with van der Waals surface area (Å²) < 4.78 is 34.5. The number of methoxy groups -OCH3 is 1. The number of anilines is 1. The Morgan fingerprint density at radius 2 is 2.00 bits per heavy atom. The van der Waals surface area contributed by atoms with Gasteiger partial charge in [-0.1, -0.05) is 12.1 Å². The monoisotopic (exact) mass is 375 g/mol. The number of ether oxygens (including phenoxy) is 1. The van der Waals surface area contributed by atoms with Gasteiger partial charge in [0.1, 0.15) is 23.3 Å². The molecule has 0 aliphatic carbocycles. The Kier molecular flexibility index (Phi) is 4.54. The minimum Gasteiger partial charge on any atom is -0.495 e. The molecule has 3 aromatic rings. The predicted octanol–water partition coefficient (Wildman–Crippen LogP) is 1.98. The number of aromatic nitrogens is 3. The Bertz CT molecular complexity index is 1050. The van der Waals surface area contributed by atoms with Gasteiger partial charge in [-0.2, -0.15) is 5.10 Å². The Labute approximate surface area is 148 Å². The smallest absolute Gasteiger partial charge is 0.271 e. The van der Waals surface area contributed by atoms with Crippen LogP contribution in [0.15, 0.2) is 60.0 Å². The van der Waals surface area contributed by atoms with Crippen molar-refractivity contribution in [3.63, 3.8) is 0 Å². The standard InChI is InChI=1S/C15H13N5O5S/c1-25-14-7-6-11(20(21)22)8-15(14)26(23,24)18-12-4-2-3-5-13(12)19-10-16-9-17-19/h2-10,18H,1H3. The highest BCUT2D eigenvalue weighted by atomic mass is 32.2. The Balaban J connectivity index is 2.06. The van der Waals surface area contributed by atoms with E-state index < -0.39 is 14.9 Å². The van der Waals surface area contributed by atoms with Gasteiger partial charge in [0, 0.05) is 12.1 Å². The number of non-ortho nitro benzene ring substituents is 1. The first-order chi connectivity index (χ1) is 12.4. The molecule has 1 N–H and O–H groups in total. The third kappa shape index (κ3) is 3.32. The maximum absolute atomic E-state index is 12.8. The summed E-state index contributed by atoms with van der Waals surface area (Å²) in [5.41, 5.74) is 0.306. The highest BCUT2D eigenvalue weighted by molar-refractivity contribution is 7.92. The van der Waals surface area contributed by atoms with Crippen molar-refractivity contribution in [2.75, 3.05) is 11.8 Å². The lowest BCUT2D eigenvalue weighted by atomic mass is 10.3. The molecule has 134 valence electrons. The van der Waals surface area contributed by atoms with E-state index >= 15 is 0 Å². The van der Waals surface area contributed by atoms with Crippen molar-refractivity contribution >= 4 is 21.4 Å². The molecule has 2 aromatic carbocycles. The van der Waals surface area contributed by atoms with Gasteiger partial charge in [-0.3, -0.25) is 14.8 Å². The normalized spacial score (nSPS) is 11.1. The number of benzene rings is 2. The largest absolute Gasteiger partial charge is 0.495 e. The molecule has 10 nitrogen and oxygen atoms in total. The summed E-state index contributed by atoms with van der Waals surface area (Å²) in [6.07, 6.45) is 2.73. The van der Waals surface area contributed by atoms with Gasteiger partial charge in [0.15, 0.2) is 0 Å². The molecule has 0 amide bonds. The van der Waals surface area contributed by atoms with Crippen LogP contribution in [0.3, 0.4) is 0 Å². The molecular formula is C15H13N5O5S. The molecule has 0 saturated carbocycles. The molecule has 0 fully saturated rings. The fourth-order valence-electron chi connectivity index (χ4n) is 2.28. The zero-order valence-corrected chi connectivity index (χ0v) is 14.3. The SMILES string of the molecule is COc1ccc([N+](=O)[O-])cc1S(=O)(=O)Nc1ccccc1-n1cncn1. The molecule has 1 aromatic heterocycles. The molecule has 0 aliphatic heterocycles. The van der Waals surface area contributed by atoms with Crippen LogP contribution in [-0.2, 0) is 10.0 Å². The van der Waals surface area contributed by atoms with Gasteiger partial charge in [0.25, 0.3) is 15.7 Å². The average molecular weight is 375 g/mol. The molecule has 0 atom stereocenters. The number of sulfonamides is 1. The Morgan fingerprint density at radius 1 is 1.23 bits per heavy atom. The lowest BCUT2D eigenvalue weighted by Gasteiger charge is -2.14. The van der Waals surface area contributed by atoms with Crippen LogP contribution >= 0.6 is 0 Å². The van der Waals surface area contributed by atoms with Gasteiger partial charge in [-0.25, -0.2) is 18.1 Å². The number of nitrogens with zero attached hydrogens (tertiary/aromatic N) is 4. The number of nitrogens with one attached hydrogen (secondary N) is 1. The van der Waals surface area contributed by atoms with Crippen molar-refractivity contribution in [2.45, 2.75) is 4.90 Å². The first-order valence-electron chi connectivity index (χ1n) is 7.21. The first-order valence-corrected chi connectivity index (χ1v) is 8.70. The summed E-state index contributed by atoms with van der Waals surface area (Å²) in [7, 11) is -2.89. The van der Waals surface area contributed by atoms with Crippen LogP contribution in [0.2, 0.25) is 0 Å². The maximum Gasteiger partial charge on any atom is 0.271 e. The van der Waals surface area contributed by atoms with E-state index in [-0.39, 0.29) is 22.0 Å². The first kappa shape index (κ1) is 17.4. The highest BCUT2D eigenvalue weighted by Crippen LogP contribution is 2.30. The Morgan fingerprint density at radius 3 is 2.65 bits per heavy atom. The van der Waals surface area contributed by atoms with Crippen LogP contribution in [0, 0.1) is 10.1 Å². The second-order valence-corrected chi connectivity index (χ2v) is 6.71. The van der Waals surface area contributed by atoms with E-state index in [4.69, 9.17) is 4.74 Å². The Hall–Kier alpha value is -3.47. The van der Waals surface area contributed by atoms with Crippen molar-refractivity contribution in [3.05, 3.63) is 65.2 Å². The van der Waals surface area contributed by atoms with Crippen molar-refractivity contribution in [1.82, 2.24) is 14.8 Å². The fraction of sp³-hybridized carbons (Fsp3) is 0.0667. The summed E-state index contributed by atoms with van der Waals surface area (Å²) in [5.74, 6) is -0.0127. The molecule has 0 radical (unpaired) electrons. The summed E-state index contributed by atoms with van der Waals surface area (Å²) in [5, 5.41) is 15.0. The lowest BCUT2D eigenvalue weighted by molar-refractivity contribution is -0.385. The number of nitro benzene ring substituents is 1. The second-order valence-electron chi connectivity index (χ2n) is 5.05. The van der Waals surface area contributed by atoms with E-state index in [1.54, 1.807) is 24.3 Å². The van der Waals surface area contributed by atoms with Gasteiger partial charge >= 0.3 is 0 Å². The third-order valence-corrected chi connectivity index (χ3v) is 4.85. The molecular weight excluding hydrogens is 362 g/mol. The molecule has 0 spiro atoms. The van der Waals surface area contributed by atoms with E-state index in [1.807, 2.05) is 0 Å². The zero-order chi connectivity index (χ0) is 18.7. The number of hydrogen-bond acceptors (Lipinski definition) is 7. The van der Waals surface area contributed by atoms with E-state index in [9.17, 15) is 18.5 Å². The van der Waals surface area contributed by atoms with Crippen LogP contribution in [-0.4, -0.2) is 35.2 Å².